The lowest BCUT2D eigenvalue weighted by Gasteiger charge is -2.29. The average molecular weight is 454 g/mol. The van der Waals surface area contributed by atoms with Crippen molar-refractivity contribution in [3.05, 3.63) is 48.1 Å². The summed E-state index contributed by atoms with van der Waals surface area (Å²) in [5, 5.41) is 23.8. The van der Waals surface area contributed by atoms with Crippen molar-refractivity contribution in [2.45, 2.75) is 45.3 Å². The molecular weight excluding hydrogens is 431 g/mol. The van der Waals surface area contributed by atoms with Gasteiger partial charge in [-0.05, 0) is 35.4 Å². The highest BCUT2D eigenvalue weighted by atomic mass is 19.1. The van der Waals surface area contributed by atoms with Crippen LogP contribution in [0.15, 0.2) is 35.2 Å². The fourth-order valence-electron chi connectivity index (χ4n) is 3.61. The van der Waals surface area contributed by atoms with Gasteiger partial charge in [-0.2, -0.15) is 20.0 Å². The number of ether oxygens (including phenoxy) is 1. The summed E-state index contributed by atoms with van der Waals surface area (Å²) in [4.78, 5) is 8.26. The van der Waals surface area contributed by atoms with E-state index in [0.29, 0.717) is 23.2 Å². The third-order valence-electron chi connectivity index (χ3n) is 5.47. The van der Waals surface area contributed by atoms with Crippen LogP contribution in [0.25, 0.3) is 5.69 Å². The van der Waals surface area contributed by atoms with Crippen molar-refractivity contribution in [1.82, 2.24) is 45.3 Å². The molecule has 1 aromatic carbocycles. The average Bonchev–Trinajstić information content (AvgIpc) is 3.60. The zero-order chi connectivity index (χ0) is 22.8. The SMILES string of the molecule is CC(C)c1noc(N2CCC(n3ncc(COc4ccc(-n5cnnn5)cc4F)n3)CC2)n1. The van der Waals surface area contributed by atoms with Gasteiger partial charge < -0.3 is 14.2 Å². The molecule has 1 aliphatic heterocycles. The monoisotopic (exact) mass is 454 g/mol. The number of nitrogens with zero attached hydrogens (tertiary/aromatic N) is 10. The Morgan fingerprint density at radius 3 is 2.79 bits per heavy atom. The molecule has 0 saturated carbocycles. The van der Waals surface area contributed by atoms with E-state index < -0.39 is 5.82 Å². The molecule has 1 aliphatic rings. The van der Waals surface area contributed by atoms with E-state index in [1.807, 2.05) is 13.8 Å². The van der Waals surface area contributed by atoms with Crippen molar-refractivity contribution in [3.8, 4) is 11.4 Å². The number of tetrazole rings is 1. The van der Waals surface area contributed by atoms with Gasteiger partial charge in [-0.1, -0.05) is 19.0 Å². The van der Waals surface area contributed by atoms with E-state index in [0.717, 1.165) is 25.9 Å². The van der Waals surface area contributed by atoms with Gasteiger partial charge in [-0.3, -0.25) is 0 Å². The van der Waals surface area contributed by atoms with Gasteiger partial charge in [0, 0.05) is 25.1 Å². The highest BCUT2D eigenvalue weighted by Crippen LogP contribution is 2.26. The van der Waals surface area contributed by atoms with Crippen molar-refractivity contribution in [1.29, 1.82) is 0 Å². The Hall–Kier alpha value is -3.90. The van der Waals surface area contributed by atoms with Crippen LogP contribution < -0.4 is 9.64 Å². The molecule has 0 bridgehead atoms. The first-order chi connectivity index (χ1) is 16.1. The molecule has 33 heavy (non-hydrogen) atoms. The minimum atomic E-state index is -0.510. The van der Waals surface area contributed by atoms with Gasteiger partial charge in [0.15, 0.2) is 17.4 Å². The van der Waals surface area contributed by atoms with Crippen molar-refractivity contribution in [2.75, 3.05) is 18.0 Å². The summed E-state index contributed by atoms with van der Waals surface area (Å²) in [6.07, 6.45) is 4.73. The number of rotatable bonds is 7. The molecule has 4 heterocycles. The van der Waals surface area contributed by atoms with Gasteiger partial charge in [0.05, 0.1) is 17.9 Å². The summed E-state index contributed by atoms with van der Waals surface area (Å²) < 4.78 is 26.8. The van der Waals surface area contributed by atoms with Crippen LogP contribution in [0.3, 0.4) is 0 Å². The van der Waals surface area contributed by atoms with Crippen LogP contribution in [-0.2, 0) is 6.61 Å². The number of aromatic nitrogens is 9. The predicted molar refractivity (Wildman–Crippen MR) is 112 cm³/mol. The smallest absolute Gasteiger partial charge is 0.324 e. The summed E-state index contributed by atoms with van der Waals surface area (Å²) in [5.74, 6) is 0.553. The topological polar surface area (TPSA) is 126 Å². The fourth-order valence-corrected chi connectivity index (χ4v) is 3.61. The Morgan fingerprint density at radius 2 is 2.09 bits per heavy atom. The lowest BCUT2D eigenvalue weighted by molar-refractivity contribution is 0.278. The molecule has 0 spiro atoms. The van der Waals surface area contributed by atoms with Crippen LogP contribution in [-0.4, -0.2) is 58.4 Å². The molecule has 0 amide bonds. The Balaban J connectivity index is 1.16. The first-order valence-electron chi connectivity index (χ1n) is 10.7. The molecule has 3 aromatic heterocycles. The molecule has 13 heteroatoms. The second kappa shape index (κ2) is 8.92. The maximum absolute atomic E-state index is 14.4. The van der Waals surface area contributed by atoms with Crippen LogP contribution >= 0.6 is 0 Å². The van der Waals surface area contributed by atoms with Crippen molar-refractivity contribution < 1.29 is 13.7 Å². The number of piperidine rings is 1. The molecule has 12 nitrogen and oxygen atoms in total. The van der Waals surface area contributed by atoms with Gasteiger partial charge in [0.25, 0.3) is 0 Å². The summed E-state index contributed by atoms with van der Waals surface area (Å²) in [5.41, 5.74) is 1.13. The number of halogens is 1. The summed E-state index contributed by atoms with van der Waals surface area (Å²) in [6.45, 7) is 5.73. The molecule has 0 atom stereocenters. The minimum absolute atomic E-state index is 0.111. The van der Waals surface area contributed by atoms with Crippen LogP contribution in [0.2, 0.25) is 0 Å². The largest absolute Gasteiger partial charge is 0.484 e. The Morgan fingerprint density at radius 1 is 1.24 bits per heavy atom. The third-order valence-corrected chi connectivity index (χ3v) is 5.47. The standard InChI is InChI=1S/C20H23FN10O2/c1-13(2)19-24-20(33-26-19)29-7-5-15(6-8-29)31-23-10-14(25-31)11-32-18-4-3-16(9-17(18)21)30-12-22-27-28-30/h3-4,9-10,12-13,15H,5-8,11H2,1-2H3. The van der Waals surface area contributed by atoms with Gasteiger partial charge in [-0.25, -0.2) is 9.07 Å². The van der Waals surface area contributed by atoms with E-state index in [1.165, 1.54) is 23.1 Å². The molecule has 0 unspecified atom stereocenters. The van der Waals surface area contributed by atoms with E-state index in [2.05, 4.69) is 40.8 Å². The number of hydrogen-bond donors (Lipinski definition) is 0. The number of benzene rings is 1. The maximum Gasteiger partial charge on any atom is 0.324 e. The van der Waals surface area contributed by atoms with Crippen molar-refractivity contribution in [2.24, 2.45) is 0 Å². The van der Waals surface area contributed by atoms with E-state index in [9.17, 15) is 4.39 Å². The summed E-state index contributed by atoms with van der Waals surface area (Å²) >= 11 is 0. The van der Waals surface area contributed by atoms with Crippen LogP contribution in [0.5, 0.6) is 5.75 Å². The molecule has 5 rings (SSSR count). The second-order valence-corrected chi connectivity index (χ2v) is 8.12. The normalized spacial score (nSPS) is 14.8. The Bertz CT molecular complexity index is 1200. The molecule has 0 aliphatic carbocycles. The van der Waals surface area contributed by atoms with Crippen LogP contribution in [0.1, 0.15) is 50.2 Å². The lowest BCUT2D eigenvalue weighted by Crippen LogP contribution is -2.35. The highest BCUT2D eigenvalue weighted by molar-refractivity contribution is 5.37. The quantitative estimate of drug-likeness (QED) is 0.411. The lowest BCUT2D eigenvalue weighted by atomic mass is 10.1. The maximum atomic E-state index is 14.4. The van der Waals surface area contributed by atoms with E-state index in [1.54, 1.807) is 17.1 Å². The molecule has 1 saturated heterocycles. The number of hydrogen-bond acceptors (Lipinski definition) is 10. The molecule has 172 valence electrons. The van der Waals surface area contributed by atoms with E-state index >= 15 is 0 Å². The van der Waals surface area contributed by atoms with Crippen molar-refractivity contribution in [3.63, 3.8) is 0 Å². The van der Waals surface area contributed by atoms with Gasteiger partial charge in [0.2, 0.25) is 0 Å². The first-order valence-corrected chi connectivity index (χ1v) is 10.7. The summed E-state index contributed by atoms with van der Waals surface area (Å²) in [6, 6.07) is 5.24. The van der Waals surface area contributed by atoms with Gasteiger partial charge in [-0.15, -0.1) is 5.10 Å². The van der Waals surface area contributed by atoms with Gasteiger partial charge >= 0.3 is 6.01 Å². The highest BCUT2D eigenvalue weighted by Gasteiger charge is 2.25. The van der Waals surface area contributed by atoms with E-state index in [4.69, 9.17) is 9.26 Å². The van der Waals surface area contributed by atoms with Gasteiger partial charge in [0.1, 0.15) is 18.6 Å². The minimum Gasteiger partial charge on any atom is -0.484 e. The Kier molecular flexibility index (Phi) is 5.67. The number of anilines is 1. The molecular formula is C20H23FN10O2. The molecule has 0 N–H and O–H groups in total. The molecule has 0 radical (unpaired) electrons. The molecule has 4 aromatic rings. The zero-order valence-corrected chi connectivity index (χ0v) is 18.2. The zero-order valence-electron chi connectivity index (χ0n) is 18.2. The van der Waals surface area contributed by atoms with E-state index in [-0.39, 0.29) is 24.3 Å². The summed E-state index contributed by atoms with van der Waals surface area (Å²) in [7, 11) is 0. The second-order valence-electron chi connectivity index (χ2n) is 8.12. The van der Waals surface area contributed by atoms with Crippen molar-refractivity contribution >= 4 is 6.01 Å². The predicted octanol–water partition coefficient (Wildman–Crippen LogP) is 2.32. The Labute approximate surface area is 188 Å². The first kappa shape index (κ1) is 21.0. The van der Waals surface area contributed by atoms with Crippen LogP contribution in [0.4, 0.5) is 10.4 Å². The fraction of sp³-hybridized carbons (Fsp3) is 0.450. The third kappa shape index (κ3) is 4.52. The van der Waals surface area contributed by atoms with Crippen LogP contribution in [0, 0.1) is 5.82 Å². The molecule has 1 fully saturated rings.